The summed E-state index contributed by atoms with van der Waals surface area (Å²) < 4.78 is 8.20. The third-order valence-corrected chi connectivity index (χ3v) is 11.0. The highest BCUT2D eigenvalue weighted by Gasteiger charge is 2.42. The Labute approximate surface area is 198 Å². The van der Waals surface area contributed by atoms with Gasteiger partial charge in [-0.15, -0.1) is 15.3 Å². The molecule has 0 bridgehead atoms. The number of nitrogens with zero attached hydrogens (tertiary/aromatic N) is 6. The number of amides is 1. The maximum absolute atomic E-state index is 12.1. The Hall–Kier alpha value is -2.76. The van der Waals surface area contributed by atoms with Gasteiger partial charge in [-0.2, -0.15) is 4.98 Å². The fourth-order valence-corrected chi connectivity index (χ4v) is 4.78. The molecule has 0 aliphatic carbocycles. The van der Waals surface area contributed by atoms with Gasteiger partial charge in [0.2, 0.25) is 5.95 Å². The van der Waals surface area contributed by atoms with Gasteiger partial charge in [-0.3, -0.25) is 4.79 Å². The predicted molar refractivity (Wildman–Crippen MR) is 131 cm³/mol. The Morgan fingerprint density at radius 2 is 1.97 bits per heavy atom. The molecule has 12 heteroatoms. The van der Waals surface area contributed by atoms with Crippen LogP contribution in [0.3, 0.4) is 0 Å². The Bertz CT molecular complexity index is 1190. The van der Waals surface area contributed by atoms with Crippen molar-refractivity contribution in [2.75, 3.05) is 30.4 Å². The minimum Gasteiger partial charge on any atom is -0.410 e. The van der Waals surface area contributed by atoms with Crippen molar-refractivity contribution in [3.63, 3.8) is 0 Å². The van der Waals surface area contributed by atoms with E-state index in [1.807, 2.05) is 18.3 Å². The first-order valence-electron chi connectivity index (χ1n) is 10.8. The molecule has 0 spiro atoms. The Kier molecular flexibility index (Phi) is 6.06. The normalized spacial score (nSPS) is 14.9. The van der Waals surface area contributed by atoms with E-state index in [-0.39, 0.29) is 27.9 Å². The van der Waals surface area contributed by atoms with E-state index >= 15 is 0 Å². The van der Waals surface area contributed by atoms with Crippen molar-refractivity contribution < 1.29 is 9.22 Å². The molecule has 1 aliphatic heterocycles. The third-order valence-electron chi connectivity index (χ3n) is 6.25. The molecule has 0 aromatic carbocycles. The molecule has 33 heavy (non-hydrogen) atoms. The Morgan fingerprint density at radius 1 is 1.24 bits per heavy atom. The van der Waals surface area contributed by atoms with Crippen LogP contribution in [-0.2, 0) is 4.43 Å². The van der Waals surface area contributed by atoms with Gasteiger partial charge in [0.15, 0.2) is 24.8 Å². The zero-order valence-electron chi connectivity index (χ0n) is 19.7. The van der Waals surface area contributed by atoms with Crippen molar-refractivity contribution in [2.24, 2.45) is 0 Å². The fraction of sp³-hybridized carbons (Fsp3) is 0.476. The summed E-state index contributed by atoms with van der Waals surface area (Å²) in [5.74, 6) is -0.0657. The molecular weight excluding hydrogens is 460 g/mol. The number of anilines is 3. The second-order valence-corrected chi connectivity index (χ2v) is 14.8. The summed E-state index contributed by atoms with van der Waals surface area (Å²) in [6.45, 7) is 13.1. The van der Waals surface area contributed by atoms with Gasteiger partial charge in [0, 0.05) is 26.2 Å². The zero-order chi connectivity index (χ0) is 24.0. The second kappa shape index (κ2) is 8.54. The van der Waals surface area contributed by atoms with Crippen LogP contribution in [-0.4, -0.2) is 65.3 Å². The summed E-state index contributed by atoms with van der Waals surface area (Å²) in [5.41, 5.74) is 2.20. The molecule has 1 saturated heterocycles. The Balaban J connectivity index is 1.47. The topological polar surface area (TPSA) is 110 Å². The molecule has 2 N–H and O–H groups in total. The molecular formula is C21H29ClN8O2Si. The lowest BCUT2D eigenvalue weighted by Gasteiger charge is -2.47. The van der Waals surface area contributed by atoms with E-state index < -0.39 is 8.32 Å². The number of hydrogen-bond donors (Lipinski definition) is 2. The summed E-state index contributed by atoms with van der Waals surface area (Å²) in [4.78, 5) is 18.8. The van der Waals surface area contributed by atoms with Gasteiger partial charge < -0.3 is 20.0 Å². The third kappa shape index (κ3) is 4.80. The summed E-state index contributed by atoms with van der Waals surface area (Å²) >= 11 is 5.96. The molecule has 0 radical (unpaired) electrons. The number of hydrogen-bond acceptors (Lipinski definition) is 8. The highest BCUT2D eigenvalue weighted by Crippen LogP contribution is 2.38. The summed E-state index contributed by atoms with van der Waals surface area (Å²) in [5, 5.41) is 18.0. The van der Waals surface area contributed by atoms with Crippen molar-refractivity contribution >= 4 is 48.8 Å². The number of carbonyl (C=O) groups excluding carboxylic acids is 1. The van der Waals surface area contributed by atoms with Crippen molar-refractivity contribution in [3.05, 3.63) is 35.2 Å². The lowest BCUT2D eigenvalue weighted by atomic mass is 10.1. The van der Waals surface area contributed by atoms with Gasteiger partial charge in [-0.1, -0.05) is 32.4 Å². The van der Waals surface area contributed by atoms with E-state index in [0.29, 0.717) is 17.3 Å². The maximum Gasteiger partial charge on any atom is 0.273 e. The average Bonchev–Trinajstić information content (AvgIpc) is 3.10. The quantitative estimate of drug-likeness (QED) is 0.507. The maximum atomic E-state index is 12.1. The van der Waals surface area contributed by atoms with E-state index in [1.54, 1.807) is 4.52 Å². The van der Waals surface area contributed by atoms with Crippen molar-refractivity contribution in [3.8, 4) is 0 Å². The van der Waals surface area contributed by atoms with Crippen LogP contribution >= 0.6 is 11.6 Å². The molecule has 10 nitrogen and oxygen atoms in total. The molecule has 4 heterocycles. The lowest BCUT2D eigenvalue weighted by Crippen LogP contribution is -2.58. The molecule has 0 atom stereocenters. The van der Waals surface area contributed by atoms with Crippen LogP contribution in [0.2, 0.25) is 23.3 Å². The zero-order valence-corrected chi connectivity index (χ0v) is 21.4. The van der Waals surface area contributed by atoms with E-state index in [1.165, 1.54) is 13.1 Å². The monoisotopic (exact) mass is 488 g/mol. The molecule has 1 fully saturated rings. The van der Waals surface area contributed by atoms with Crippen LogP contribution in [0.25, 0.3) is 5.65 Å². The van der Waals surface area contributed by atoms with Gasteiger partial charge in [0.05, 0.1) is 23.7 Å². The molecule has 3 aromatic heterocycles. The standard InChI is InChI=1S/C21H29ClN8O2Si/c1-21(2,3)33(5,6)32-14-11-29(12-14)13-7-8-17-25-20(28-30(17)10-13)24-15-9-16(22)26-27-18(15)19(31)23-4/h7-10,14H,11-12H2,1-6H3,(H,23,31)(H,24,26,28). The number of aromatic nitrogens is 5. The van der Waals surface area contributed by atoms with Crippen molar-refractivity contribution in [2.45, 2.75) is 45.0 Å². The number of carbonyl (C=O) groups is 1. The summed E-state index contributed by atoms with van der Waals surface area (Å²) in [6.07, 6.45) is 2.19. The average molecular weight is 489 g/mol. The highest BCUT2D eigenvalue weighted by atomic mass is 35.5. The van der Waals surface area contributed by atoms with E-state index in [2.05, 4.69) is 69.7 Å². The van der Waals surface area contributed by atoms with Crippen molar-refractivity contribution in [1.82, 2.24) is 30.1 Å². The number of rotatable bonds is 6. The van der Waals surface area contributed by atoms with E-state index in [4.69, 9.17) is 16.0 Å². The van der Waals surface area contributed by atoms with Gasteiger partial charge in [0.25, 0.3) is 5.91 Å². The Morgan fingerprint density at radius 3 is 2.64 bits per heavy atom. The van der Waals surface area contributed by atoms with E-state index in [0.717, 1.165) is 18.8 Å². The van der Waals surface area contributed by atoms with Crippen LogP contribution in [0, 0.1) is 0 Å². The predicted octanol–water partition coefficient (Wildman–Crippen LogP) is 3.49. The van der Waals surface area contributed by atoms with Gasteiger partial charge in [-0.05, 0) is 30.3 Å². The number of fused-ring (bicyclic) bond motifs is 1. The van der Waals surface area contributed by atoms with E-state index in [9.17, 15) is 4.79 Å². The van der Waals surface area contributed by atoms with Gasteiger partial charge in [0.1, 0.15) is 0 Å². The largest absolute Gasteiger partial charge is 0.410 e. The first-order chi connectivity index (χ1) is 15.5. The SMILES string of the molecule is CNC(=O)c1nnc(Cl)cc1Nc1nc2ccc(N3CC(O[Si](C)(C)C(C)(C)C)C3)cn2n1. The van der Waals surface area contributed by atoms with Gasteiger partial charge in [-0.25, -0.2) is 4.52 Å². The second-order valence-electron chi connectivity index (χ2n) is 9.66. The number of halogens is 1. The number of nitrogens with one attached hydrogen (secondary N) is 2. The van der Waals surface area contributed by atoms with Crippen LogP contribution in [0.4, 0.5) is 17.3 Å². The molecule has 0 saturated carbocycles. The van der Waals surface area contributed by atoms with Gasteiger partial charge >= 0.3 is 0 Å². The summed E-state index contributed by atoms with van der Waals surface area (Å²) in [6, 6.07) is 5.45. The molecule has 1 aliphatic rings. The van der Waals surface area contributed by atoms with Crippen molar-refractivity contribution in [1.29, 1.82) is 0 Å². The van der Waals surface area contributed by atoms with Crippen LogP contribution in [0.1, 0.15) is 31.3 Å². The van der Waals surface area contributed by atoms with Crippen LogP contribution in [0.15, 0.2) is 24.4 Å². The molecule has 1 amide bonds. The molecule has 176 valence electrons. The summed E-state index contributed by atoms with van der Waals surface area (Å²) in [7, 11) is -0.257. The molecule has 4 rings (SSSR count). The first kappa shape index (κ1) is 23.4. The minimum atomic E-state index is -1.78. The smallest absolute Gasteiger partial charge is 0.273 e. The fourth-order valence-electron chi connectivity index (χ4n) is 3.30. The molecule has 0 unspecified atom stereocenters. The minimum absolute atomic E-state index is 0.106. The first-order valence-corrected chi connectivity index (χ1v) is 14.1. The highest BCUT2D eigenvalue weighted by molar-refractivity contribution is 6.74. The molecule has 3 aromatic rings. The lowest BCUT2D eigenvalue weighted by molar-refractivity contribution is 0.0958. The van der Waals surface area contributed by atoms with Crippen LogP contribution < -0.4 is 15.5 Å². The number of pyridine rings is 1. The van der Waals surface area contributed by atoms with Crippen LogP contribution in [0.5, 0.6) is 0 Å².